The predicted octanol–water partition coefficient (Wildman–Crippen LogP) is 3.08. The summed E-state index contributed by atoms with van der Waals surface area (Å²) in [5, 5.41) is 2.53. The molecule has 116 valence electrons. The van der Waals surface area contributed by atoms with Crippen LogP contribution in [0.15, 0.2) is 18.5 Å². The van der Waals surface area contributed by atoms with E-state index in [0.29, 0.717) is 12.2 Å². The number of halogens is 1. The highest BCUT2D eigenvalue weighted by Crippen LogP contribution is 2.36. The molecule has 0 spiro atoms. The van der Waals surface area contributed by atoms with Gasteiger partial charge in [-0.25, -0.2) is 4.79 Å². The summed E-state index contributed by atoms with van der Waals surface area (Å²) in [6.45, 7) is 4.11. The summed E-state index contributed by atoms with van der Waals surface area (Å²) in [5.74, 6) is 0.291. The Morgan fingerprint density at radius 2 is 2.18 bits per heavy atom. The summed E-state index contributed by atoms with van der Waals surface area (Å²) in [6.07, 6.45) is 2.67. The molecule has 2 aromatic heterocycles. The van der Waals surface area contributed by atoms with Gasteiger partial charge in [-0.1, -0.05) is 11.6 Å². The Hall–Kier alpha value is -2.41. The summed E-state index contributed by atoms with van der Waals surface area (Å²) in [5.41, 5.74) is 2.27. The number of anilines is 1. The van der Waals surface area contributed by atoms with Gasteiger partial charge in [0.15, 0.2) is 0 Å². The maximum Gasteiger partial charge on any atom is 0.413 e. The first-order valence-electron chi connectivity index (χ1n) is 6.53. The highest BCUT2D eigenvalue weighted by atomic mass is 35.5. The lowest BCUT2D eigenvalue weighted by molar-refractivity contribution is 0.186. The fourth-order valence-corrected chi connectivity index (χ4v) is 2.10. The molecule has 0 radical (unpaired) electrons. The van der Waals surface area contributed by atoms with Crippen LogP contribution in [0.25, 0.3) is 11.1 Å². The van der Waals surface area contributed by atoms with E-state index in [-0.39, 0.29) is 17.0 Å². The average molecular weight is 323 g/mol. The van der Waals surface area contributed by atoms with Crippen LogP contribution in [0.5, 0.6) is 5.88 Å². The summed E-state index contributed by atoms with van der Waals surface area (Å²) in [6, 6.07) is 1.80. The minimum atomic E-state index is -0.689. The van der Waals surface area contributed by atoms with Gasteiger partial charge in [0.25, 0.3) is 0 Å². The largest absolute Gasteiger partial charge is 0.477 e. The molecule has 1 amide bonds. The van der Waals surface area contributed by atoms with Crippen molar-refractivity contribution in [2.45, 2.75) is 13.8 Å². The van der Waals surface area contributed by atoms with E-state index in [1.54, 1.807) is 18.5 Å². The Morgan fingerprint density at radius 1 is 1.41 bits per heavy atom. The number of nitrogens with zero attached hydrogens (tertiary/aromatic N) is 3. The van der Waals surface area contributed by atoms with Gasteiger partial charge in [-0.3, -0.25) is 10.3 Å². The van der Waals surface area contributed by atoms with Gasteiger partial charge in [0.2, 0.25) is 11.8 Å². The van der Waals surface area contributed by atoms with Crippen molar-refractivity contribution in [2.24, 2.45) is 0 Å². The molecule has 0 aromatic carbocycles. The molecule has 22 heavy (non-hydrogen) atoms. The third kappa shape index (κ3) is 3.43. The van der Waals surface area contributed by atoms with Crippen LogP contribution in [-0.2, 0) is 4.74 Å². The molecule has 0 fully saturated rings. The summed E-state index contributed by atoms with van der Waals surface area (Å²) < 4.78 is 10.0. The molecular weight excluding hydrogens is 308 g/mol. The number of carbonyl (C=O) groups is 1. The number of ether oxygens (including phenoxy) is 2. The van der Waals surface area contributed by atoms with Gasteiger partial charge in [-0.15, -0.1) is 0 Å². The maximum absolute atomic E-state index is 11.3. The highest BCUT2D eigenvalue weighted by Gasteiger charge is 2.19. The lowest BCUT2D eigenvalue weighted by atomic mass is 10.1. The Morgan fingerprint density at radius 3 is 2.82 bits per heavy atom. The number of hydrogen-bond donors (Lipinski definition) is 1. The average Bonchev–Trinajstić information content (AvgIpc) is 2.48. The second-order valence-electron chi connectivity index (χ2n) is 4.26. The monoisotopic (exact) mass is 322 g/mol. The quantitative estimate of drug-likeness (QED) is 0.870. The van der Waals surface area contributed by atoms with Gasteiger partial charge in [-0.2, -0.15) is 9.97 Å². The topological polar surface area (TPSA) is 86.2 Å². The first kappa shape index (κ1) is 16.0. The zero-order chi connectivity index (χ0) is 16.1. The molecule has 0 bridgehead atoms. The molecule has 0 saturated carbocycles. The molecule has 0 atom stereocenters. The minimum Gasteiger partial charge on any atom is -0.477 e. The van der Waals surface area contributed by atoms with Crippen molar-refractivity contribution in [3.63, 3.8) is 0 Å². The smallest absolute Gasteiger partial charge is 0.413 e. The Kier molecular flexibility index (Phi) is 5.11. The second-order valence-corrected chi connectivity index (χ2v) is 4.62. The standard InChI is InChI=1S/C14H15ClN4O3/c1-4-22-12-10(9-5-6-16-7-8(9)2)11(15)17-13(18-12)19-14(20)21-3/h5-7H,4H2,1-3H3,(H,17,18,19,20). The first-order chi connectivity index (χ1) is 10.6. The fourth-order valence-electron chi connectivity index (χ4n) is 1.83. The molecule has 0 aliphatic carbocycles. The van der Waals surface area contributed by atoms with E-state index < -0.39 is 6.09 Å². The molecule has 0 aliphatic heterocycles. The molecule has 0 unspecified atom stereocenters. The van der Waals surface area contributed by atoms with Crippen molar-refractivity contribution < 1.29 is 14.3 Å². The van der Waals surface area contributed by atoms with Crippen molar-refractivity contribution in [2.75, 3.05) is 19.0 Å². The number of aryl methyl sites for hydroxylation is 1. The molecule has 1 N–H and O–H groups in total. The van der Waals surface area contributed by atoms with E-state index in [2.05, 4.69) is 25.0 Å². The molecule has 8 heteroatoms. The van der Waals surface area contributed by atoms with Crippen LogP contribution >= 0.6 is 11.6 Å². The van der Waals surface area contributed by atoms with Gasteiger partial charge < -0.3 is 9.47 Å². The third-order valence-electron chi connectivity index (χ3n) is 2.80. The SMILES string of the molecule is CCOc1nc(NC(=O)OC)nc(Cl)c1-c1ccncc1C. The van der Waals surface area contributed by atoms with Crippen LogP contribution in [-0.4, -0.2) is 34.8 Å². The molecule has 0 aliphatic rings. The number of hydrogen-bond acceptors (Lipinski definition) is 6. The van der Waals surface area contributed by atoms with E-state index in [4.69, 9.17) is 16.3 Å². The maximum atomic E-state index is 11.3. The van der Waals surface area contributed by atoms with Crippen LogP contribution in [0.1, 0.15) is 12.5 Å². The van der Waals surface area contributed by atoms with Crippen LogP contribution < -0.4 is 10.1 Å². The van der Waals surface area contributed by atoms with Gasteiger partial charge >= 0.3 is 6.09 Å². The molecule has 7 nitrogen and oxygen atoms in total. The van der Waals surface area contributed by atoms with Gasteiger partial charge in [0.05, 0.1) is 19.3 Å². The van der Waals surface area contributed by atoms with E-state index in [0.717, 1.165) is 11.1 Å². The van der Waals surface area contributed by atoms with Crippen molar-refractivity contribution in [3.05, 3.63) is 29.2 Å². The van der Waals surface area contributed by atoms with Gasteiger partial charge in [0, 0.05) is 12.4 Å². The normalized spacial score (nSPS) is 10.2. The van der Waals surface area contributed by atoms with Crippen LogP contribution in [0.4, 0.5) is 10.7 Å². The van der Waals surface area contributed by atoms with E-state index in [1.165, 1.54) is 7.11 Å². The molecular formula is C14H15ClN4O3. The Bertz CT molecular complexity index is 694. The zero-order valence-corrected chi connectivity index (χ0v) is 13.1. The molecule has 2 rings (SSSR count). The second kappa shape index (κ2) is 7.04. The van der Waals surface area contributed by atoms with E-state index in [1.807, 2.05) is 13.8 Å². The van der Waals surface area contributed by atoms with E-state index in [9.17, 15) is 4.79 Å². The van der Waals surface area contributed by atoms with Crippen LogP contribution in [0.3, 0.4) is 0 Å². The Labute approximate surface area is 132 Å². The molecule has 2 heterocycles. The Balaban J connectivity index is 2.54. The number of methoxy groups -OCH3 is 1. The first-order valence-corrected chi connectivity index (χ1v) is 6.90. The number of pyridine rings is 1. The van der Waals surface area contributed by atoms with Crippen LogP contribution in [0.2, 0.25) is 5.15 Å². The van der Waals surface area contributed by atoms with Crippen LogP contribution in [0, 0.1) is 6.92 Å². The van der Waals surface area contributed by atoms with E-state index >= 15 is 0 Å². The third-order valence-corrected chi connectivity index (χ3v) is 3.08. The lowest BCUT2D eigenvalue weighted by Gasteiger charge is -2.13. The summed E-state index contributed by atoms with van der Waals surface area (Å²) >= 11 is 6.26. The van der Waals surface area contributed by atoms with Gasteiger partial charge in [-0.05, 0) is 31.0 Å². The summed E-state index contributed by atoms with van der Waals surface area (Å²) in [7, 11) is 1.25. The molecule has 2 aromatic rings. The van der Waals surface area contributed by atoms with Crippen molar-refractivity contribution in [1.82, 2.24) is 15.0 Å². The highest BCUT2D eigenvalue weighted by molar-refractivity contribution is 6.32. The van der Waals surface area contributed by atoms with Crippen molar-refractivity contribution in [3.8, 4) is 17.0 Å². The number of carbonyl (C=O) groups excluding carboxylic acids is 1. The summed E-state index contributed by atoms with van der Waals surface area (Å²) in [4.78, 5) is 23.6. The number of nitrogens with one attached hydrogen (secondary N) is 1. The predicted molar refractivity (Wildman–Crippen MR) is 82.2 cm³/mol. The fraction of sp³-hybridized carbons (Fsp3) is 0.286. The minimum absolute atomic E-state index is 0.00996. The molecule has 0 saturated heterocycles. The van der Waals surface area contributed by atoms with Crippen molar-refractivity contribution in [1.29, 1.82) is 0 Å². The number of rotatable bonds is 4. The van der Waals surface area contributed by atoms with Gasteiger partial charge in [0.1, 0.15) is 5.15 Å². The number of amides is 1. The zero-order valence-electron chi connectivity index (χ0n) is 12.4. The lowest BCUT2D eigenvalue weighted by Crippen LogP contribution is -2.14. The van der Waals surface area contributed by atoms with Crippen molar-refractivity contribution >= 4 is 23.6 Å². The number of aromatic nitrogens is 3.